The van der Waals surface area contributed by atoms with E-state index in [1.54, 1.807) is 0 Å². The monoisotopic (exact) mass is 196 g/mol. The zero-order valence-corrected chi connectivity index (χ0v) is 7.75. The number of aromatic amines is 1. The zero-order chi connectivity index (χ0) is 10.8. The van der Waals surface area contributed by atoms with E-state index in [4.69, 9.17) is 1.37 Å². The van der Waals surface area contributed by atoms with E-state index < -0.39 is 11.2 Å². The third-order valence-corrected chi connectivity index (χ3v) is 2.49. The van der Waals surface area contributed by atoms with Crippen LogP contribution in [-0.2, 0) is 0 Å². The minimum Gasteiger partial charge on any atom is -0.317 e. The van der Waals surface area contributed by atoms with Crippen molar-refractivity contribution in [3.8, 4) is 0 Å². The van der Waals surface area contributed by atoms with Crippen LogP contribution in [0.15, 0.2) is 21.8 Å². The third-order valence-electron chi connectivity index (χ3n) is 2.49. The Morgan fingerprint density at radius 1 is 1.43 bits per heavy atom. The molecule has 1 aliphatic rings. The molecule has 1 saturated heterocycles. The molecule has 0 atom stereocenters. The van der Waals surface area contributed by atoms with E-state index in [0.29, 0.717) is 0 Å². The smallest absolute Gasteiger partial charge is 0.317 e. The lowest BCUT2D eigenvalue weighted by Gasteiger charge is -2.23. The molecule has 0 unspecified atom stereocenters. The summed E-state index contributed by atoms with van der Waals surface area (Å²) < 4.78 is 8.82. The molecule has 0 spiro atoms. The highest BCUT2D eigenvalue weighted by molar-refractivity contribution is 4.87. The summed E-state index contributed by atoms with van der Waals surface area (Å²) in [5.41, 5.74) is -1.03. The number of aromatic nitrogens is 2. The van der Waals surface area contributed by atoms with Gasteiger partial charge in [-0.1, -0.05) is 0 Å². The summed E-state index contributed by atoms with van der Waals surface area (Å²) in [6.07, 6.45) is 3.04. The highest BCUT2D eigenvalue weighted by Gasteiger charge is 2.15. The SMILES string of the molecule is [2H]c1cn(C2CCNCC2)c(=O)[nH]c1=O. The lowest BCUT2D eigenvalue weighted by molar-refractivity contribution is 0.356. The fourth-order valence-corrected chi connectivity index (χ4v) is 1.74. The lowest BCUT2D eigenvalue weighted by atomic mass is 10.1. The van der Waals surface area contributed by atoms with Crippen molar-refractivity contribution >= 4 is 0 Å². The standard InChI is InChI=1S/C9H13N3O2/c13-8-3-6-12(9(14)11-8)7-1-4-10-5-2-7/h3,6-7,10H,1-2,4-5H2,(H,11,13,14)/i3D. The first-order chi connectivity index (χ1) is 7.18. The lowest BCUT2D eigenvalue weighted by Crippen LogP contribution is -2.36. The van der Waals surface area contributed by atoms with Gasteiger partial charge in [0, 0.05) is 18.3 Å². The summed E-state index contributed by atoms with van der Waals surface area (Å²) in [5.74, 6) is 0. The van der Waals surface area contributed by atoms with Gasteiger partial charge in [0.05, 0.1) is 1.37 Å². The van der Waals surface area contributed by atoms with Crippen molar-refractivity contribution in [2.75, 3.05) is 13.1 Å². The molecule has 5 heteroatoms. The number of hydrogen-bond acceptors (Lipinski definition) is 3. The summed E-state index contributed by atoms with van der Waals surface area (Å²) in [4.78, 5) is 24.6. The Balaban J connectivity index is 2.39. The molecule has 0 radical (unpaired) electrons. The Kier molecular flexibility index (Phi) is 2.16. The van der Waals surface area contributed by atoms with Gasteiger partial charge in [0.1, 0.15) is 0 Å². The number of rotatable bonds is 1. The molecule has 0 saturated carbocycles. The Morgan fingerprint density at radius 2 is 2.14 bits per heavy atom. The number of nitrogens with one attached hydrogen (secondary N) is 2. The van der Waals surface area contributed by atoms with Gasteiger partial charge in [-0.25, -0.2) is 4.79 Å². The summed E-state index contributed by atoms with van der Waals surface area (Å²) in [7, 11) is 0. The molecule has 2 rings (SSSR count). The van der Waals surface area contributed by atoms with E-state index in [1.807, 2.05) is 0 Å². The van der Waals surface area contributed by atoms with Crippen molar-refractivity contribution in [2.24, 2.45) is 0 Å². The maximum Gasteiger partial charge on any atom is 0.328 e. The molecule has 0 amide bonds. The molecule has 5 nitrogen and oxygen atoms in total. The van der Waals surface area contributed by atoms with E-state index in [0.717, 1.165) is 25.9 Å². The molecule has 76 valence electrons. The highest BCUT2D eigenvalue weighted by atomic mass is 16.2. The molecule has 0 bridgehead atoms. The van der Waals surface area contributed by atoms with Gasteiger partial charge in [0.15, 0.2) is 0 Å². The maximum atomic E-state index is 11.5. The molecular weight excluding hydrogens is 182 g/mol. The van der Waals surface area contributed by atoms with Crippen LogP contribution in [0.1, 0.15) is 20.3 Å². The van der Waals surface area contributed by atoms with Crippen molar-refractivity contribution < 1.29 is 1.37 Å². The minimum absolute atomic E-state index is 0.0969. The van der Waals surface area contributed by atoms with E-state index in [2.05, 4.69) is 10.3 Å². The zero-order valence-electron chi connectivity index (χ0n) is 8.75. The second-order valence-electron chi connectivity index (χ2n) is 3.42. The largest absolute Gasteiger partial charge is 0.328 e. The van der Waals surface area contributed by atoms with Gasteiger partial charge in [-0.3, -0.25) is 14.3 Å². The van der Waals surface area contributed by atoms with Crippen LogP contribution in [0.4, 0.5) is 0 Å². The predicted molar refractivity (Wildman–Crippen MR) is 52.5 cm³/mol. The van der Waals surface area contributed by atoms with Crippen molar-refractivity contribution in [3.05, 3.63) is 33.1 Å². The van der Waals surface area contributed by atoms with Gasteiger partial charge in [-0.15, -0.1) is 0 Å². The van der Waals surface area contributed by atoms with Crippen LogP contribution in [0.25, 0.3) is 0 Å². The maximum absolute atomic E-state index is 11.5. The van der Waals surface area contributed by atoms with Crippen LogP contribution in [0.2, 0.25) is 0 Å². The first-order valence-electron chi connectivity index (χ1n) is 5.21. The predicted octanol–water partition coefficient (Wildman–Crippen LogP) is -0.539. The Bertz CT molecular complexity index is 459. The topological polar surface area (TPSA) is 66.9 Å². The van der Waals surface area contributed by atoms with Gasteiger partial charge >= 0.3 is 5.69 Å². The first-order valence-corrected chi connectivity index (χ1v) is 4.71. The third kappa shape index (κ3) is 1.77. The van der Waals surface area contributed by atoms with E-state index in [1.165, 1.54) is 10.8 Å². The average molecular weight is 196 g/mol. The number of H-pyrrole nitrogens is 1. The Morgan fingerprint density at radius 3 is 2.86 bits per heavy atom. The highest BCUT2D eigenvalue weighted by Crippen LogP contribution is 2.14. The van der Waals surface area contributed by atoms with Crippen molar-refractivity contribution in [3.63, 3.8) is 0 Å². The van der Waals surface area contributed by atoms with Crippen LogP contribution in [0.5, 0.6) is 0 Å². The Hall–Kier alpha value is -1.36. The van der Waals surface area contributed by atoms with Gasteiger partial charge in [-0.05, 0) is 25.9 Å². The molecule has 0 aromatic carbocycles. The number of piperidine rings is 1. The molecule has 2 heterocycles. The molecule has 1 fully saturated rings. The minimum atomic E-state index is -0.620. The normalized spacial score (nSPS) is 19.3. The average Bonchev–Trinajstić information content (AvgIpc) is 2.25. The van der Waals surface area contributed by atoms with Crippen LogP contribution in [0, 0.1) is 0 Å². The summed E-state index contributed by atoms with van der Waals surface area (Å²) in [6.45, 7) is 1.73. The number of hydrogen-bond donors (Lipinski definition) is 2. The first kappa shape index (κ1) is 7.99. The van der Waals surface area contributed by atoms with E-state index in [-0.39, 0.29) is 12.1 Å². The molecule has 1 aliphatic heterocycles. The van der Waals surface area contributed by atoms with Gasteiger partial charge in [0.25, 0.3) is 5.56 Å². The van der Waals surface area contributed by atoms with Crippen molar-refractivity contribution in [1.29, 1.82) is 0 Å². The van der Waals surface area contributed by atoms with Gasteiger partial charge in [-0.2, -0.15) is 0 Å². The van der Waals surface area contributed by atoms with Gasteiger partial charge in [0.2, 0.25) is 0 Å². The summed E-state index contributed by atoms with van der Waals surface area (Å²) >= 11 is 0. The Labute approximate surface area is 82.2 Å². The molecule has 1 aromatic rings. The molecule has 0 aliphatic carbocycles. The van der Waals surface area contributed by atoms with E-state index >= 15 is 0 Å². The summed E-state index contributed by atoms with van der Waals surface area (Å²) in [6, 6.07) is -0.0622. The van der Waals surface area contributed by atoms with Crippen LogP contribution in [-0.4, -0.2) is 22.6 Å². The molecule has 2 N–H and O–H groups in total. The molecule has 1 aromatic heterocycles. The molecular formula is C9H13N3O2. The van der Waals surface area contributed by atoms with Crippen molar-refractivity contribution in [2.45, 2.75) is 18.9 Å². The van der Waals surface area contributed by atoms with Crippen molar-refractivity contribution in [1.82, 2.24) is 14.9 Å². The fraction of sp³-hybridized carbons (Fsp3) is 0.556. The quantitative estimate of drug-likeness (QED) is 0.634. The second kappa shape index (κ2) is 3.79. The second-order valence-corrected chi connectivity index (χ2v) is 3.42. The summed E-state index contributed by atoms with van der Waals surface area (Å²) in [5, 5.41) is 3.20. The number of nitrogens with zero attached hydrogens (tertiary/aromatic N) is 1. The van der Waals surface area contributed by atoms with E-state index in [9.17, 15) is 9.59 Å². The van der Waals surface area contributed by atoms with Crippen LogP contribution >= 0.6 is 0 Å². The van der Waals surface area contributed by atoms with Crippen LogP contribution in [0.3, 0.4) is 0 Å². The molecule has 14 heavy (non-hydrogen) atoms. The fourth-order valence-electron chi connectivity index (χ4n) is 1.74. The van der Waals surface area contributed by atoms with Crippen LogP contribution < -0.4 is 16.6 Å². The van der Waals surface area contributed by atoms with Gasteiger partial charge < -0.3 is 5.32 Å².